The van der Waals surface area contributed by atoms with Gasteiger partial charge in [0.1, 0.15) is 6.10 Å². The van der Waals surface area contributed by atoms with Crippen molar-refractivity contribution in [1.82, 2.24) is 10.2 Å². The summed E-state index contributed by atoms with van der Waals surface area (Å²) in [7, 11) is 1.27. The third-order valence-corrected chi connectivity index (χ3v) is 7.61. The van der Waals surface area contributed by atoms with Crippen LogP contribution in [0, 0.1) is 10.1 Å². The largest absolute Gasteiger partial charge is 0.466 e. The summed E-state index contributed by atoms with van der Waals surface area (Å²) >= 11 is 0. The predicted molar refractivity (Wildman–Crippen MR) is 151 cm³/mol. The monoisotopic (exact) mass is 547 g/mol. The lowest BCUT2D eigenvalue weighted by Crippen LogP contribution is -2.33. The van der Waals surface area contributed by atoms with Crippen molar-refractivity contribution >= 4 is 17.6 Å². The first-order valence-corrected chi connectivity index (χ1v) is 13.8. The SMILES string of the molecule is COC(=O)C1=C(C)NC(C)=C(C(=O)OC(CCCN2CCCCC2)c2ccccc2)C1c1cccc([N+](=O)[O-])c1. The van der Waals surface area contributed by atoms with Gasteiger partial charge in [-0.2, -0.15) is 0 Å². The van der Waals surface area contributed by atoms with E-state index in [1.54, 1.807) is 26.0 Å². The number of carbonyl (C=O) groups is 2. The number of methoxy groups -OCH3 is 1. The molecule has 1 saturated heterocycles. The molecule has 0 amide bonds. The van der Waals surface area contributed by atoms with E-state index in [0.717, 1.165) is 31.6 Å². The fraction of sp³-hybridized carbons (Fsp3) is 0.419. The van der Waals surface area contributed by atoms with Crippen molar-refractivity contribution in [3.63, 3.8) is 0 Å². The molecule has 40 heavy (non-hydrogen) atoms. The van der Waals surface area contributed by atoms with Crippen LogP contribution in [0.25, 0.3) is 0 Å². The molecule has 1 fully saturated rings. The number of allylic oxidation sites excluding steroid dienone is 2. The smallest absolute Gasteiger partial charge is 0.337 e. The molecule has 0 radical (unpaired) electrons. The molecule has 212 valence electrons. The zero-order valence-corrected chi connectivity index (χ0v) is 23.4. The Hall–Kier alpha value is -3.98. The van der Waals surface area contributed by atoms with Crippen LogP contribution < -0.4 is 5.32 Å². The second-order valence-corrected chi connectivity index (χ2v) is 10.3. The van der Waals surface area contributed by atoms with E-state index >= 15 is 0 Å². The number of nitro benzene ring substituents is 1. The number of non-ortho nitro benzene ring substituents is 1. The minimum Gasteiger partial charge on any atom is -0.466 e. The van der Waals surface area contributed by atoms with Gasteiger partial charge in [-0.25, -0.2) is 9.59 Å². The van der Waals surface area contributed by atoms with E-state index in [4.69, 9.17) is 9.47 Å². The van der Waals surface area contributed by atoms with Gasteiger partial charge >= 0.3 is 11.9 Å². The first-order valence-electron chi connectivity index (χ1n) is 13.8. The fourth-order valence-corrected chi connectivity index (χ4v) is 5.63. The van der Waals surface area contributed by atoms with Crippen LogP contribution in [0.1, 0.15) is 69.1 Å². The molecule has 2 aliphatic rings. The van der Waals surface area contributed by atoms with Gasteiger partial charge in [-0.15, -0.1) is 0 Å². The van der Waals surface area contributed by atoms with Crippen molar-refractivity contribution in [2.75, 3.05) is 26.7 Å². The van der Waals surface area contributed by atoms with Crippen LogP contribution in [-0.2, 0) is 19.1 Å². The second kappa shape index (κ2) is 13.4. The zero-order chi connectivity index (χ0) is 28.6. The number of esters is 2. The average molecular weight is 548 g/mol. The highest BCUT2D eigenvalue weighted by Crippen LogP contribution is 2.41. The minimum absolute atomic E-state index is 0.136. The summed E-state index contributed by atoms with van der Waals surface area (Å²) in [6, 6.07) is 15.6. The van der Waals surface area contributed by atoms with Crippen LogP contribution >= 0.6 is 0 Å². The second-order valence-electron chi connectivity index (χ2n) is 10.3. The van der Waals surface area contributed by atoms with Gasteiger partial charge in [0.25, 0.3) is 5.69 Å². The molecule has 2 unspecified atom stereocenters. The maximum Gasteiger partial charge on any atom is 0.337 e. The predicted octanol–water partition coefficient (Wildman–Crippen LogP) is 5.55. The minimum atomic E-state index is -0.897. The van der Waals surface area contributed by atoms with Gasteiger partial charge in [0.15, 0.2) is 0 Å². The molecule has 0 aliphatic carbocycles. The van der Waals surface area contributed by atoms with E-state index in [9.17, 15) is 19.7 Å². The molecule has 0 saturated carbocycles. The fourth-order valence-electron chi connectivity index (χ4n) is 5.63. The highest BCUT2D eigenvalue weighted by atomic mass is 16.6. The molecule has 2 atom stereocenters. The molecule has 0 aromatic heterocycles. The Labute approximate surface area is 235 Å². The summed E-state index contributed by atoms with van der Waals surface area (Å²) in [4.78, 5) is 40.5. The molecule has 9 nitrogen and oxygen atoms in total. The van der Waals surface area contributed by atoms with Crippen LogP contribution in [0.15, 0.2) is 77.1 Å². The Morgan fingerprint density at radius 1 is 1.00 bits per heavy atom. The third-order valence-electron chi connectivity index (χ3n) is 7.61. The van der Waals surface area contributed by atoms with E-state index in [1.807, 2.05) is 30.3 Å². The van der Waals surface area contributed by atoms with Gasteiger partial charge in [0, 0.05) is 23.5 Å². The summed E-state index contributed by atoms with van der Waals surface area (Å²) in [6.07, 6.45) is 4.73. The van der Waals surface area contributed by atoms with Crippen molar-refractivity contribution in [3.05, 3.63) is 98.4 Å². The molecule has 2 aliphatic heterocycles. The van der Waals surface area contributed by atoms with Crippen LogP contribution in [0.2, 0.25) is 0 Å². The first kappa shape index (κ1) is 29.0. The zero-order valence-electron chi connectivity index (χ0n) is 23.4. The van der Waals surface area contributed by atoms with E-state index in [-0.39, 0.29) is 16.8 Å². The Kier molecular flexibility index (Phi) is 9.71. The molecule has 4 rings (SSSR count). The maximum absolute atomic E-state index is 14.0. The standard InChI is InChI=1S/C31H37N3O6/c1-21-27(30(35)39-3)29(24-14-10-15-25(20-24)34(37)38)28(22(2)32-21)31(36)40-26(23-12-6-4-7-13-23)16-11-19-33-17-8-5-9-18-33/h4,6-7,10,12-15,20,26,29,32H,5,8-9,11,16-19H2,1-3H3. The van der Waals surface area contributed by atoms with Crippen molar-refractivity contribution in [3.8, 4) is 0 Å². The normalized spacial score (nSPS) is 18.6. The Morgan fingerprint density at radius 2 is 1.68 bits per heavy atom. The maximum atomic E-state index is 14.0. The molecule has 1 N–H and O–H groups in total. The summed E-state index contributed by atoms with van der Waals surface area (Å²) < 4.78 is 11.3. The molecule has 9 heteroatoms. The summed E-state index contributed by atoms with van der Waals surface area (Å²) in [5.74, 6) is -2.10. The molecular formula is C31H37N3O6. The van der Waals surface area contributed by atoms with Gasteiger partial charge in [-0.3, -0.25) is 10.1 Å². The van der Waals surface area contributed by atoms with Crippen LogP contribution in [0.3, 0.4) is 0 Å². The van der Waals surface area contributed by atoms with E-state index in [0.29, 0.717) is 23.4 Å². The van der Waals surface area contributed by atoms with Crippen LogP contribution in [0.5, 0.6) is 0 Å². The van der Waals surface area contributed by atoms with Crippen molar-refractivity contribution < 1.29 is 24.0 Å². The van der Waals surface area contributed by atoms with Crippen molar-refractivity contribution in [2.24, 2.45) is 0 Å². The van der Waals surface area contributed by atoms with Crippen molar-refractivity contribution in [1.29, 1.82) is 0 Å². The van der Waals surface area contributed by atoms with Crippen LogP contribution in [0.4, 0.5) is 5.69 Å². The molecule has 0 spiro atoms. The van der Waals surface area contributed by atoms with E-state index in [1.165, 1.54) is 38.5 Å². The number of hydrogen-bond acceptors (Lipinski definition) is 8. The van der Waals surface area contributed by atoms with E-state index in [2.05, 4.69) is 10.2 Å². The number of carbonyl (C=O) groups excluding carboxylic acids is 2. The number of rotatable bonds is 10. The molecule has 2 heterocycles. The Bertz CT molecular complexity index is 1300. The van der Waals surface area contributed by atoms with E-state index < -0.39 is 28.9 Å². The number of nitrogens with zero attached hydrogens (tertiary/aromatic N) is 2. The molecule has 2 aromatic rings. The van der Waals surface area contributed by atoms with Gasteiger partial charge in [0.2, 0.25) is 0 Å². The lowest BCUT2D eigenvalue weighted by molar-refractivity contribution is -0.384. The Balaban J connectivity index is 1.65. The number of piperidine rings is 1. The molecular weight excluding hydrogens is 510 g/mol. The summed E-state index contributed by atoms with van der Waals surface area (Å²) in [5.41, 5.74) is 2.66. The van der Waals surface area contributed by atoms with Gasteiger partial charge < -0.3 is 19.7 Å². The van der Waals surface area contributed by atoms with Crippen LogP contribution in [-0.4, -0.2) is 48.5 Å². The topological polar surface area (TPSA) is 111 Å². The first-order chi connectivity index (χ1) is 19.3. The van der Waals surface area contributed by atoms with Gasteiger partial charge in [-0.05, 0) is 70.3 Å². The number of benzene rings is 2. The number of nitro groups is 1. The quantitative estimate of drug-likeness (QED) is 0.234. The summed E-state index contributed by atoms with van der Waals surface area (Å²) in [5, 5.41) is 14.7. The Morgan fingerprint density at radius 3 is 2.33 bits per heavy atom. The average Bonchev–Trinajstić information content (AvgIpc) is 2.96. The van der Waals surface area contributed by atoms with Gasteiger partial charge in [-0.1, -0.05) is 48.9 Å². The number of ether oxygens (including phenoxy) is 2. The number of hydrogen-bond donors (Lipinski definition) is 1. The molecule has 0 bridgehead atoms. The lowest BCUT2D eigenvalue weighted by Gasteiger charge is -2.31. The van der Waals surface area contributed by atoms with Crippen molar-refractivity contribution in [2.45, 2.75) is 58.0 Å². The number of nitrogens with one attached hydrogen (secondary N) is 1. The number of likely N-dealkylation sites (tertiary alicyclic amines) is 1. The molecule has 2 aromatic carbocycles. The lowest BCUT2D eigenvalue weighted by atomic mass is 9.80. The highest BCUT2D eigenvalue weighted by molar-refractivity contribution is 6.00. The highest BCUT2D eigenvalue weighted by Gasteiger charge is 2.39. The third kappa shape index (κ3) is 6.77. The van der Waals surface area contributed by atoms with Gasteiger partial charge in [0.05, 0.1) is 29.1 Å². The summed E-state index contributed by atoms with van der Waals surface area (Å²) in [6.45, 7) is 6.59. The number of dihydropyridines is 1.